The van der Waals surface area contributed by atoms with Gasteiger partial charge in [-0.05, 0) is 105 Å². The second-order valence-corrected chi connectivity index (χ2v) is 21.8. The summed E-state index contributed by atoms with van der Waals surface area (Å²) >= 11 is 0. The van der Waals surface area contributed by atoms with Gasteiger partial charge in [0.05, 0.1) is 44.2 Å². The van der Waals surface area contributed by atoms with Crippen LogP contribution in [-0.2, 0) is 37.9 Å². The van der Waals surface area contributed by atoms with E-state index in [1.54, 1.807) is 7.11 Å². The van der Waals surface area contributed by atoms with Crippen molar-refractivity contribution < 1.29 is 94.1 Å². The molecule has 0 amide bonds. The lowest BCUT2D eigenvalue weighted by molar-refractivity contribution is -0.364. The van der Waals surface area contributed by atoms with Crippen molar-refractivity contribution in [1.82, 2.24) is 0 Å². The number of methoxy groups -OCH3 is 1. The number of aliphatic hydroxyl groups is 11. The minimum absolute atomic E-state index is 0.0164. The lowest BCUT2D eigenvalue weighted by Gasteiger charge is -2.62. The Hall–Kier alpha value is -0.760. The van der Waals surface area contributed by atoms with E-state index in [1.807, 2.05) is 6.92 Å². The number of hydrogen-bond donors (Lipinski definition) is 11. The highest BCUT2D eigenvalue weighted by Gasteiger charge is 2.69. The van der Waals surface area contributed by atoms with Gasteiger partial charge < -0.3 is 94.1 Å². The zero-order chi connectivity index (χ0) is 47.1. The Kier molecular flexibility index (Phi) is 15.1. The molecule has 0 aromatic heterocycles. The molecule has 0 spiro atoms. The lowest BCUT2D eigenvalue weighted by Crippen LogP contribution is -2.65. The zero-order valence-electron chi connectivity index (χ0n) is 38.6. The van der Waals surface area contributed by atoms with Gasteiger partial charge in [0.1, 0.15) is 67.1 Å². The largest absolute Gasteiger partial charge is 0.394 e. The Morgan fingerprint density at radius 1 is 0.677 bits per heavy atom. The van der Waals surface area contributed by atoms with Crippen LogP contribution in [0.4, 0.5) is 0 Å². The molecule has 8 rings (SSSR count). The third-order valence-electron chi connectivity index (χ3n) is 18.3. The smallest absolute Gasteiger partial charge is 0.187 e. The van der Waals surface area contributed by atoms with Crippen LogP contribution in [0.3, 0.4) is 0 Å². The van der Waals surface area contributed by atoms with E-state index in [-0.39, 0.29) is 41.3 Å². The predicted octanol–water partition coefficient (Wildman–Crippen LogP) is -1.13. The molecule has 0 bridgehead atoms. The first-order chi connectivity index (χ1) is 30.7. The molecule has 0 aromatic carbocycles. The average molecular weight is 935 g/mol. The lowest BCUT2D eigenvalue weighted by atomic mass is 9.44. The molecule has 19 nitrogen and oxygen atoms in total. The predicted molar refractivity (Wildman–Crippen MR) is 224 cm³/mol. The molecule has 11 N–H and O–H groups in total. The number of rotatable bonds is 13. The fourth-order valence-corrected chi connectivity index (χ4v) is 14.5. The van der Waals surface area contributed by atoms with E-state index in [1.165, 1.54) is 6.92 Å². The van der Waals surface area contributed by atoms with Crippen LogP contribution in [-0.4, -0.2) is 199 Å². The second-order valence-electron chi connectivity index (χ2n) is 21.8. The molecule has 376 valence electrons. The van der Waals surface area contributed by atoms with Crippen molar-refractivity contribution in [2.24, 2.45) is 52.3 Å². The van der Waals surface area contributed by atoms with Crippen LogP contribution >= 0.6 is 0 Å². The first-order valence-corrected chi connectivity index (χ1v) is 24.2. The first kappa shape index (κ1) is 50.6. The van der Waals surface area contributed by atoms with Crippen LogP contribution in [0.25, 0.3) is 0 Å². The summed E-state index contributed by atoms with van der Waals surface area (Å²) in [6, 6.07) is 0. The highest BCUT2D eigenvalue weighted by atomic mass is 16.7. The van der Waals surface area contributed by atoms with Crippen molar-refractivity contribution in [2.45, 2.75) is 209 Å². The first-order valence-electron chi connectivity index (χ1n) is 24.2. The van der Waals surface area contributed by atoms with Gasteiger partial charge in [-0.1, -0.05) is 27.7 Å². The van der Waals surface area contributed by atoms with Gasteiger partial charge in [-0.15, -0.1) is 0 Å². The van der Waals surface area contributed by atoms with Gasteiger partial charge in [0, 0.05) is 19.4 Å². The Bertz CT molecular complexity index is 1590. The number of aliphatic hydroxyl groups excluding tert-OH is 11. The Morgan fingerprint density at radius 2 is 1.32 bits per heavy atom. The molecule has 28 atom stereocenters. The van der Waals surface area contributed by atoms with Gasteiger partial charge in [-0.3, -0.25) is 0 Å². The third-order valence-corrected chi connectivity index (χ3v) is 18.3. The third kappa shape index (κ3) is 8.79. The molecule has 0 aromatic rings. The van der Waals surface area contributed by atoms with Crippen LogP contribution in [0.1, 0.15) is 92.4 Å². The summed E-state index contributed by atoms with van der Waals surface area (Å²) in [5.41, 5.74) is -0.127. The summed E-state index contributed by atoms with van der Waals surface area (Å²) in [4.78, 5) is 0. The van der Waals surface area contributed by atoms with E-state index in [0.717, 1.165) is 32.1 Å². The molecule has 4 aliphatic carbocycles. The Morgan fingerprint density at radius 3 is 2.02 bits per heavy atom. The molecular weight excluding hydrogens is 856 g/mol. The average Bonchev–Trinajstić information content (AvgIpc) is 3.74. The van der Waals surface area contributed by atoms with Gasteiger partial charge in [-0.25, -0.2) is 0 Å². The monoisotopic (exact) mass is 935 g/mol. The van der Waals surface area contributed by atoms with Crippen molar-refractivity contribution in [3.05, 3.63) is 0 Å². The fourth-order valence-electron chi connectivity index (χ4n) is 14.5. The molecule has 4 heterocycles. The highest BCUT2D eigenvalue weighted by molar-refractivity contribution is 5.16. The Labute approximate surface area is 381 Å². The summed E-state index contributed by atoms with van der Waals surface area (Å²) in [5, 5.41) is 116. The van der Waals surface area contributed by atoms with Crippen LogP contribution < -0.4 is 0 Å². The van der Waals surface area contributed by atoms with Crippen LogP contribution in [0.5, 0.6) is 0 Å². The van der Waals surface area contributed by atoms with Gasteiger partial charge >= 0.3 is 0 Å². The molecule has 19 heteroatoms. The normalized spacial score (nSPS) is 56.1. The van der Waals surface area contributed by atoms with Crippen molar-refractivity contribution in [1.29, 1.82) is 0 Å². The molecule has 0 radical (unpaired) electrons. The van der Waals surface area contributed by atoms with Gasteiger partial charge in [0.25, 0.3) is 0 Å². The van der Waals surface area contributed by atoms with E-state index < -0.39 is 123 Å². The van der Waals surface area contributed by atoms with Crippen molar-refractivity contribution in [2.75, 3.05) is 26.9 Å². The standard InChI is InChI=1S/C46H78O19/c1-19(18-59-41-37(55)35(53)33(51)29(16-47)62-41)9-12-46(58-6)20(2)31-28(65-46)14-25-23-8-7-22-13-27(26(49)15-45(22,5)24(23)10-11-44(25,31)4)61-43-39(57)36(54)40(30(17-48)63-43)64-42-38(56)34(52)32(50)21(3)60-42/h19-43,47-57H,7-18H2,1-6H3. The van der Waals surface area contributed by atoms with E-state index in [2.05, 4.69) is 20.8 Å². The fraction of sp³-hybridized carbons (Fsp3) is 1.00. The zero-order valence-corrected chi connectivity index (χ0v) is 38.6. The van der Waals surface area contributed by atoms with Gasteiger partial charge in [0.2, 0.25) is 0 Å². The summed E-state index contributed by atoms with van der Waals surface area (Å²) in [5.74, 6) is 1.16. The van der Waals surface area contributed by atoms with E-state index >= 15 is 0 Å². The topological polar surface area (TPSA) is 296 Å². The second kappa shape index (κ2) is 19.4. The SMILES string of the molecule is COC1(CCC(C)COC2OC(CO)C(O)C(O)C2O)OC2CC3C4CCC5CC(OC6OC(CO)C(OC7OC(C)C(O)C(O)C7O)C(O)C6O)C(O)CC5(C)C4CCC3(C)C2C1C. The van der Waals surface area contributed by atoms with Crippen LogP contribution in [0.2, 0.25) is 0 Å². The van der Waals surface area contributed by atoms with E-state index in [0.29, 0.717) is 49.4 Å². The van der Waals surface area contributed by atoms with Gasteiger partial charge in [-0.2, -0.15) is 0 Å². The Balaban J connectivity index is 0.862. The maximum Gasteiger partial charge on any atom is 0.187 e. The molecule has 4 saturated heterocycles. The van der Waals surface area contributed by atoms with Crippen LogP contribution in [0.15, 0.2) is 0 Å². The number of fused-ring (bicyclic) bond motifs is 7. The summed E-state index contributed by atoms with van der Waals surface area (Å²) in [6.45, 7) is 9.60. The maximum absolute atomic E-state index is 11.8. The van der Waals surface area contributed by atoms with Crippen LogP contribution in [0, 0.1) is 52.3 Å². The molecule has 4 saturated carbocycles. The van der Waals surface area contributed by atoms with Gasteiger partial charge in [0.15, 0.2) is 24.7 Å². The summed E-state index contributed by atoms with van der Waals surface area (Å²) < 4.78 is 48.2. The number of ether oxygens (including phenoxy) is 8. The summed E-state index contributed by atoms with van der Waals surface area (Å²) in [6.07, 6.45) is -15.1. The summed E-state index contributed by atoms with van der Waals surface area (Å²) in [7, 11) is 1.72. The molecule has 28 unspecified atom stereocenters. The molecule has 4 aliphatic heterocycles. The molecule has 8 aliphatic rings. The van der Waals surface area contributed by atoms with Crippen molar-refractivity contribution >= 4 is 0 Å². The van der Waals surface area contributed by atoms with Crippen molar-refractivity contribution in [3.8, 4) is 0 Å². The highest BCUT2D eigenvalue weighted by Crippen LogP contribution is 2.71. The van der Waals surface area contributed by atoms with E-state index in [4.69, 9.17) is 37.9 Å². The van der Waals surface area contributed by atoms with E-state index in [9.17, 15) is 56.2 Å². The minimum Gasteiger partial charge on any atom is -0.394 e. The molecule has 8 fully saturated rings. The minimum atomic E-state index is -1.67. The maximum atomic E-state index is 11.8. The molecular formula is C46H78O19. The van der Waals surface area contributed by atoms with Crippen molar-refractivity contribution in [3.63, 3.8) is 0 Å². The number of hydrogen-bond acceptors (Lipinski definition) is 19. The molecule has 65 heavy (non-hydrogen) atoms. The quantitative estimate of drug-likeness (QED) is 0.0975.